The lowest BCUT2D eigenvalue weighted by atomic mass is 10.1. The molecule has 1 fully saturated rings. The van der Waals surface area contributed by atoms with Crippen LogP contribution in [0.15, 0.2) is 41.3 Å². The first-order valence-corrected chi connectivity index (χ1v) is 12.6. The monoisotopic (exact) mass is 499 g/mol. The van der Waals surface area contributed by atoms with Gasteiger partial charge in [-0.2, -0.15) is 4.72 Å². The molecule has 1 aliphatic rings. The van der Waals surface area contributed by atoms with Crippen molar-refractivity contribution in [2.75, 3.05) is 37.7 Å². The van der Waals surface area contributed by atoms with Crippen LogP contribution in [0.3, 0.4) is 0 Å². The van der Waals surface area contributed by atoms with E-state index in [-0.39, 0.29) is 15.8 Å². The van der Waals surface area contributed by atoms with Crippen LogP contribution in [0.4, 0.5) is 5.69 Å². The van der Waals surface area contributed by atoms with Crippen LogP contribution in [0.2, 0.25) is 10.0 Å². The Labute approximate surface area is 199 Å². The third-order valence-corrected chi connectivity index (χ3v) is 7.39. The van der Waals surface area contributed by atoms with Crippen molar-refractivity contribution in [3.8, 4) is 5.75 Å². The van der Waals surface area contributed by atoms with Crippen molar-refractivity contribution >= 4 is 44.8 Å². The summed E-state index contributed by atoms with van der Waals surface area (Å²) in [4.78, 5) is 16.7. The highest BCUT2D eigenvalue weighted by Gasteiger charge is 2.29. The standard InChI is InChI=1S/C22H27Cl2N3O4S/c1-4-31-21-8-7-18(14-19(21)24)32(29,30)25-16(3)22(28)27-11-9-26(10-12-27)20-13-17(23)6-5-15(20)2/h5-8,13-14,16,25H,4,9-12H2,1-3H3/t16-/m0/s1. The number of hydrogen-bond donors (Lipinski definition) is 1. The minimum absolute atomic E-state index is 0.0214. The van der Waals surface area contributed by atoms with Crippen molar-refractivity contribution < 1.29 is 17.9 Å². The van der Waals surface area contributed by atoms with Gasteiger partial charge in [0.2, 0.25) is 15.9 Å². The molecular weight excluding hydrogens is 473 g/mol. The maximum atomic E-state index is 12.9. The molecule has 1 heterocycles. The fraction of sp³-hybridized carbons (Fsp3) is 0.409. The van der Waals surface area contributed by atoms with Crippen LogP contribution in [-0.4, -0.2) is 58.1 Å². The Bertz CT molecular complexity index is 1090. The zero-order valence-corrected chi connectivity index (χ0v) is 20.6. The van der Waals surface area contributed by atoms with E-state index in [2.05, 4.69) is 9.62 Å². The van der Waals surface area contributed by atoms with E-state index in [1.54, 1.807) is 11.8 Å². The molecule has 0 saturated carbocycles. The molecule has 1 saturated heterocycles. The zero-order valence-electron chi connectivity index (χ0n) is 18.3. The number of anilines is 1. The molecule has 7 nitrogen and oxygen atoms in total. The number of carbonyl (C=O) groups excluding carboxylic acids is 1. The maximum Gasteiger partial charge on any atom is 0.241 e. The molecule has 1 N–H and O–H groups in total. The van der Waals surface area contributed by atoms with Crippen LogP contribution < -0.4 is 14.4 Å². The van der Waals surface area contributed by atoms with Gasteiger partial charge in [0, 0.05) is 36.9 Å². The molecule has 3 rings (SSSR count). The van der Waals surface area contributed by atoms with E-state index < -0.39 is 16.1 Å². The summed E-state index contributed by atoms with van der Waals surface area (Å²) >= 11 is 12.2. The first-order valence-electron chi connectivity index (χ1n) is 10.4. The van der Waals surface area contributed by atoms with Gasteiger partial charge in [0.15, 0.2) is 0 Å². The highest BCUT2D eigenvalue weighted by molar-refractivity contribution is 7.89. The Balaban J connectivity index is 1.62. The van der Waals surface area contributed by atoms with Crippen molar-refractivity contribution in [2.45, 2.75) is 31.7 Å². The molecule has 1 atom stereocenters. The van der Waals surface area contributed by atoms with Gasteiger partial charge in [-0.1, -0.05) is 29.3 Å². The van der Waals surface area contributed by atoms with Gasteiger partial charge in [-0.15, -0.1) is 0 Å². The van der Waals surface area contributed by atoms with Crippen molar-refractivity contribution in [1.29, 1.82) is 0 Å². The van der Waals surface area contributed by atoms with E-state index in [0.29, 0.717) is 43.6 Å². The van der Waals surface area contributed by atoms with Gasteiger partial charge in [-0.3, -0.25) is 4.79 Å². The first-order chi connectivity index (χ1) is 15.1. The predicted molar refractivity (Wildman–Crippen MR) is 127 cm³/mol. The van der Waals surface area contributed by atoms with Crippen LogP contribution in [0, 0.1) is 6.92 Å². The summed E-state index contributed by atoms with van der Waals surface area (Å²) in [5.41, 5.74) is 2.16. The number of piperazine rings is 1. The van der Waals surface area contributed by atoms with Gasteiger partial charge < -0.3 is 14.5 Å². The summed E-state index contributed by atoms with van der Waals surface area (Å²) in [6.45, 7) is 8.06. The SMILES string of the molecule is CCOc1ccc(S(=O)(=O)N[C@@H](C)C(=O)N2CCN(c3cc(Cl)ccc3C)CC2)cc1Cl. The smallest absolute Gasteiger partial charge is 0.241 e. The van der Waals surface area contributed by atoms with Gasteiger partial charge in [0.1, 0.15) is 5.75 Å². The van der Waals surface area contributed by atoms with E-state index >= 15 is 0 Å². The van der Waals surface area contributed by atoms with Crippen LogP contribution in [0.1, 0.15) is 19.4 Å². The Morgan fingerprint density at radius 1 is 1.12 bits per heavy atom. The number of sulfonamides is 1. The average molecular weight is 500 g/mol. The van der Waals surface area contributed by atoms with Crippen LogP contribution >= 0.6 is 23.2 Å². The van der Waals surface area contributed by atoms with Crippen molar-refractivity contribution in [3.63, 3.8) is 0 Å². The lowest BCUT2D eigenvalue weighted by molar-refractivity contribution is -0.132. The molecular formula is C22H27Cl2N3O4S. The normalized spacial score (nSPS) is 15.5. The van der Waals surface area contributed by atoms with E-state index in [1.165, 1.54) is 18.2 Å². The summed E-state index contributed by atoms with van der Waals surface area (Å²) in [5.74, 6) is 0.137. The fourth-order valence-corrected chi connectivity index (χ4v) is 5.33. The number of carbonyl (C=O) groups is 1. The summed E-state index contributed by atoms with van der Waals surface area (Å²) in [6, 6.07) is 9.06. The third-order valence-electron chi connectivity index (χ3n) is 5.32. The van der Waals surface area contributed by atoms with E-state index in [9.17, 15) is 13.2 Å². The molecule has 0 bridgehead atoms. The number of nitrogens with zero attached hydrogens (tertiary/aromatic N) is 2. The highest BCUT2D eigenvalue weighted by atomic mass is 35.5. The topological polar surface area (TPSA) is 78.9 Å². The lowest BCUT2D eigenvalue weighted by Gasteiger charge is -2.37. The van der Waals surface area contributed by atoms with Gasteiger partial charge in [-0.25, -0.2) is 8.42 Å². The van der Waals surface area contributed by atoms with Gasteiger partial charge in [-0.05, 0) is 56.7 Å². The number of aryl methyl sites for hydroxylation is 1. The quantitative estimate of drug-likeness (QED) is 0.627. The molecule has 0 unspecified atom stereocenters. The summed E-state index contributed by atoms with van der Waals surface area (Å²) in [5, 5.41) is 0.864. The molecule has 174 valence electrons. The first kappa shape index (κ1) is 24.6. The zero-order chi connectivity index (χ0) is 23.5. The van der Waals surface area contributed by atoms with E-state index in [0.717, 1.165) is 11.3 Å². The van der Waals surface area contributed by atoms with Crippen molar-refractivity contribution in [3.05, 3.63) is 52.0 Å². The number of ether oxygens (including phenoxy) is 1. The largest absolute Gasteiger partial charge is 0.492 e. The average Bonchev–Trinajstić information content (AvgIpc) is 2.76. The minimum Gasteiger partial charge on any atom is -0.492 e. The van der Waals surface area contributed by atoms with Crippen LogP contribution in [0.5, 0.6) is 5.75 Å². The molecule has 32 heavy (non-hydrogen) atoms. The van der Waals surface area contributed by atoms with Crippen LogP contribution in [0.25, 0.3) is 0 Å². The lowest BCUT2D eigenvalue weighted by Crippen LogP contribution is -2.54. The summed E-state index contributed by atoms with van der Waals surface area (Å²) < 4.78 is 33.3. The molecule has 1 aliphatic heterocycles. The number of benzene rings is 2. The second kappa shape index (κ2) is 10.3. The van der Waals surface area contributed by atoms with Gasteiger partial charge in [0.05, 0.1) is 22.6 Å². The Hall–Kier alpha value is -2.00. The highest BCUT2D eigenvalue weighted by Crippen LogP contribution is 2.28. The molecule has 0 aliphatic carbocycles. The van der Waals surface area contributed by atoms with Crippen molar-refractivity contribution in [2.24, 2.45) is 0 Å². The van der Waals surface area contributed by atoms with Crippen LogP contribution in [-0.2, 0) is 14.8 Å². The van der Waals surface area contributed by atoms with Gasteiger partial charge >= 0.3 is 0 Å². The van der Waals surface area contributed by atoms with E-state index in [4.69, 9.17) is 27.9 Å². The second-order valence-electron chi connectivity index (χ2n) is 7.61. The van der Waals surface area contributed by atoms with Crippen molar-refractivity contribution in [1.82, 2.24) is 9.62 Å². The second-order valence-corrected chi connectivity index (χ2v) is 10.2. The third kappa shape index (κ3) is 5.67. The predicted octanol–water partition coefficient (Wildman–Crippen LogP) is 3.72. The number of halogens is 2. The Kier molecular flexibility index (Phi) is 7.92. The molecule has 0 spiro atoms. The van der Waals surface area contributed by atoms with E-state index in [1.807, 2.05) is 32.0 Å². The molecule has 2 aromatic carbocycles. The number of amides is 1. The number of rotatable bonds is 7. The molecule has 2 aromatic rings. The number of nitrogens with one attached hydrogen (secondary N) is 1. The summed E-state index contributed by atoms with van der Waals surface area (Å²) in [6.07, 6.45) is 0. The number of hydrogen-bond acceptors (Lipinski definition) is 5. The molecule has 10 heteroatoms. The minimum atomic E-state index is -3.92. The summed E-state index contributed by atoms with van der Waals surface area (Å²) in [7, 11) is -3.92. The Morgan fingerprint density at radius 3 is 2.44 bits per heavy atom. The molecule has 0 aromatic heterocycles. The molecule has 1 amide bonds. The maximum absolute atomic E-state index is 12.9. The molecule has 0 radical (unpaired) electrons. The Morgan fingerprint density at radius 2 is 1.81 bits per heavy atom. The fourth-order valence-electron chi connectivity index (χ4n) is 3.64. The van der Waals surface area contributed by atoms with Gasteiger partial charge in [0.25, 0.3) is 0 Å².